The summed E-state index contributed by atoms with van der Waals surface area (Å²) >= 11 is 0. The molecule has 1 atom stereocenters. The van der Waals surface area contributed by atoms with E-state index in [0.717, 1.165) is 16.8 Å². The Hall–Kier alpha value is -1.62. The molecule has 0 saturated carbocycles. The number of aryl methyl sites for hydroxylation is 1. The monoisotopic (exact) mass is 222 g/mol. The molecular weight excluding hydrogens is 208 g/mol. The highest BCUT2D eigenvalue weighted by Crippen LogP contribution is 2.30. The van der Waals surface area contributed by atoms with Crippen molar-refractivity contribution >= 4 is 5.97 Å². The van der Waals surface area contributed by atoms with Gasteiger partial charge in [-0.25, -0.2) is 4.98 Å². The fourth-order valence-electron chi connectivity index (χ4n) is 2.05. The fraction of sp³-hybridized carbons (Fsp3) is 0.455. The Balaban J connectivity index is 2.42. The van der Waals surface area contributed by atoms with Crippen molar-refractivity contribution in [2.45, 2.75) is 25.3 Å². The van der Waals surface area contributed by atoms with Crippen molar-refractivity contribution in [3.05, 3.63) is 22.9 Å². The number of nitrogens with two attached hydrogens (primary N) is 1. The summed E-state index contributed by atoms with van der Waals surface area (Å²) in [5, 5.41) is 9.06. The maximum atomic E-state index is 11.0. The molecule has 1 unspecified atom stereocenters. The topological polar surface area (TPSA) is 85.4 Å². The number of aromatic nitrogens is 1. The SMILES string of the molecule is COc1nc2c(cc1C)CC(N)(C(=O)O)C2. The van der Waals surface area contributed by atoms with Crippen LogP contribution in [-0.2, 0) is 17.6 Å². The lowest BCUT2D eigenvalue weighted by molar-refractivity contribution is -0.142. The first-order valence-corrected chi connectivity index (χ1v) is 5.02. The second-order valence-corrected chi connectivity index (χ2v) is 4.24. The van der Waals surface area contributed by atoms with Gasteiger partial charge in [0.2, 0.25) is 5.88 Å². The molecule has 0 saturated heterocycles. The lowest BCUT2D eigenvalue weighted by Gasteiger charge is -2.16. The molecule has 16 heavy (non-hydrogen) atoms. The predicted octanol–water partition coefficient (Wildman–Crippen LogP) is 0.279. The van der Waals surface area contributed by atoms with Gasteiger partial charge in [-0.05, 0) is 18.6 Å². The minimum absolute atomic E-state index is 0.258. The van der Waals surface area contributed by atoms with E-state index in [0.29, 0.717) is 12.3 Å². The highest BCUT2D eigenvalue weighted by molar-refractivity contribution is 5.80. The van der Waals surface area contributed by atoms with E-state index in [1.54, 1.807) is 7.11 Å². The van der Waals surface area contributed by atoms with Crippen LogP contribution in [0, 0.1) is 6.92 Å². The number of hydrogen-bond acceptors (Lipinski definition) is 4. The normalized spacial score (nSPS) is 22.9. The van der Waals surface area contributed by atoms with Crippen molar-refractivity contribution in [2.24, 2.45) is 5.73 Å². The van der Waals surface area contributed by atoms with E-state index in [1.807, 2.05) is 13.0 Å². The Bertz CT molecular complexity index is 459. The van der Waals surface area contributed by atoms with Crippen LogP contribution in [0.4, 0.5) is 0 Å². The first-order chi connectivity index (χ1) is 7.46. The molecule has 0 bridgehead atoms. The molecule has 1 aliphatic rings. The number of methoxy groups -OCH3 is 1. The van der Waals surface area contributed by atoms with E-state index in [-0.39, 0.29) is 6.42 Å². The number of carbonyl (C=O) groups is 1. The minimum atomic E-state index is -1.21. The van der Waals surface area contributed by atoms with Crippen LogP contribution in [-0.4, -0.2) is 28.7 Å². The Morgan fingerprint density at radius 3 is 2.88 bits per heavy atom. The Labute approximate surface area is 93.2 Å². The summed E-state index contributed by atoms with van der Waals surface area (Å²) in [7, 11) is 1.55. The number of pyridine rings is 1. The van der Waals surface area contributed by atoms with E-state index in [1.165, 1.54) is 0 Å². The number of ether oxygens (including phenoxy) is 1. The quantitative estimate of drug-likeness (QED) is 0.750. The highest BCUT2D eigenvalue weighted by Gasteiger charge is 2.41. The number of carboxylic acid groups (broad SMARTS) is 1. The predicted molar refractivity (Wildman–Crippen MR) is 57.5 cm³/mol. The van der Waals surface area contributed by atoms with Crippen LogP contribution in [0.3, 0.4) is 0 Å². The number of fused-ring (bicyclic) bond motifs is 1. The molecule has 5 heteroatoms. The molecule has 0 aromatic carbocycles. The van der Waals surface area contributed by atoms with Crippen LogP contribution in [0.25, 0.3) is 0 Å². The van der Waals surface area contributed by atoms with Crippen LogP contribution in [0.15, 0.2) is 6.07 Å². The summed E-state index contributed by atoms with van der Waals surface area (Å²) in [5.74, 6) is -0.449. The number of carboxylic acids is 1. The number of rotatable bonds is 2. The number of hydrogen-bond donors (Lipinski definition) is 2. The average Bonchev–Trinajstić information content (AvgIpc) is 2.53. The molecule has 1 aliphatic carbocycles. The lowest BCUT2D eigenvalue weighted by atomic mass is 9.98. The van der Waals surface area contributed by atoms with Gasteiger partial charge in [0, 0.05) is 18.4 Å². The second-order valence-electron chi connectivity index (χ2n) is 4.24. The van der Waals surface area contributed by atoms with Crippen LogP contribution in [0.5, 0.6) is 5.88 Å². The van der Waals surface area contributed by atoms with Gasteiger partial charge in [0.25, 0.3) is 0 Å². The van der Waals surface area contributed by atoms with E-state index < -0.39 is 11.5 Å². The first kappa shape index (κ1) is 10.9. The van der Waals surface area contributed by atoms with Gasteiger partial charge >= 0.3 is 5.97 Å². The van der Waals surface area contributed by atoms with E-state index in [4.69, 9.17) is 15.6 Å². The van der Waals surface area contributed by atoms with Crippen LogP contribution < -0.4 is 10.5 Å². The molecule has 1 heterocycles. The third-order valence-electron chi connectivity index (χ3n) is 2.94. The molecule has 0 amide bonds. The van der Waals surface area contributed by atoms with Crippen LogP contribution >= 0.6 is 0 Å². The van der Waals surface area contributed by atoms with E-state index in [9.17, 15) is 4.79 Å². The summed E-state index contributed by atoms with van der Waals surface area (Å²) in [5.41, 5.74) is 7.13. The van der Waals surface area contributed by atoms with Crippen molar-refractivity contribution in [3.63, 3.8) is 0 Å². The summed E-state index contributed by atoms with van der Waals surface area (Å²) in [6.45, 7) is 1.88. The van der Waals surface area contributed by atoms with Gasteiger partial charge in [-0.1, -0.05) is 0 Å². The highest BCUT2D eigenvalue weighted by atomic mass is 16.5. The number of nitrogens with zero attached hydrogens (tertiary/aromatic N) is 1. The third kappa shape index (κ3) is 1.53. The van der Waals surface area contributed by atoms with Crippen molar-refractivity contribution < 1.29 is 14.6 Å². The second kappa shape index (κ2) is 3.45. The molecule has 2 rings (SSSR count). The standard InChI is InChI=1S/C11H14N2O3/c1-6-3-7-4-11(12,10(14)15)5-8(7)13-9(6)16-2/h3H,4-5,12H2,1-2H3,(H,14,15). The van der Waals surface area contributed by atoms with Gasteiger partial charge in [0.15, 0.2) is 0 Å². The fourth-order valence-corrected chi connectivity index (χ4v) is 2.05. The molecule has 0 radical (unpaired) electrons. The Morgan fingerprint density at radius 1 is 1.62 bits per heavy atom. The van der Waals surface area contributed by atoms with Crippen molar-refractivity contribution in [2.75, 3.05) is 7.11 Å². The van der Waals surface area contributed by atoms with Crippen molar-refractivity contribution in [1.29, 1.82) is 0 Å². The zero-order chi connectivity index (χ0) is 11.9. The maximum absolute atomic E-state index is 11.0. The molecule has 1 aromatic heterocycles. The molecule has 86 valence electrons. The first-order valence-electron chi connectivity index (χ1n) is 5.02. The molecule has 0 spiro atoms. The van der Waals surface area contributed by atoms with Crippen molar-refractivity contribution in [1.82, 2.24) is 4.98 Å². The van der Waals surface area contributed by atoms with Gasteiger partial charge in [-0.15, -0.1) is 0 Å². The molecule has 3 N–H and O–H groups in total. The number of aliphatic carboxylic acids is 1. The molecular formula is C11H14N2O3. The van der Waals surface area contributed by atoms with Crippen LogP contribution in [0.1, 0.15) is 16.8 Å². The van der Waals surface area contributed by atoms with E-state index in [2.05, 4.69) is 4.98 Å². The average molecular weight is 222 g/mol. The maximum Gasteiger partial charge on any atom is 0.324 e. The minimum Gasteiger partial charge on any atom is -0.481 e. The molecule has 1 aromatic rings. The summed E-state index contributed by atoms with van der Waals surface area (Å²) in [4.78, 5) is 15.3. The summed E-state index contributed by atoms with van der Waals surface area (Å²) in [6, 6.07) is 1.90. The van der Waals surface area contributed by atoms with E-state index >= 15 is 0 Å². The zero-order valence-corrected chi connectivity index (χ0v) is 9.28. The van der Waals surface area contributed by atoms with Gasteiger partial charge in [0.05, 0.1) is 12.8 Å². The smallest absolute Gasteiger partial charge is 0.324 e. The van der Waals surface area contributed by atoms with Gasteiger partial charge in [-0.3, -0.25) is 4.79 Å². The Morgan fingerprint density at radius 2 is 2.31 bits per heavy atom. The summed E-state index contributed by atoms with van der Waals surface area (Å²) < 4.78 is 5.10. The molecule has 0 aliphatic heterocycles. The Kier molecular flexibility index (Phi) is 2.35. The van der Waals surface area contributed by atoms with Crippen LogP contribution in [0.2, 0.25) is 0 Å². The van der Waals surface area contributed by atoms with Gasteiger partial charge in [-0.2, -0.15) is 0 Å². The van der Waals surface area contributed by atoms with Gasteiger partial charge in [0.1, 0.15) is 5.54 Å². The summed E-state index contributed by atoms with van der Waals surface area (Å²) in [6.07, 6.45) is 0.587. The molecule has 0 fully saturated rings. The molecule has 5 nitrogen and oxygen atoms in total. The van der Waals surface area contributed by atoms with Gasteiger partial charge < -0.3 is 15.6 Å². The third-order valence-corrected chi connectivity index (χ3v) is 2.94. The zero-order valence-electron chi connectivity index (χ0n) is 9.28. The van der Waals surface area contributed by atoms with Crippen molar-refractivity contribution in [3.8, 4) is 5.88 Å². The largest absolute Gasteiger partial charge is 0.481 e. The lowest BCUT2D eigenvalue weighted by Crippen LogP contribution is -2.48.